The molecule has 0 spiro atoms. The molecule has 5 heteroatoms. The molecule has 94 valence electrons. The van der Waals surface area contributed by atoms with Crippen LogP contribution in [0, 0.1) is 29.6 Å². The van der Waals surface area contributed by atoms with E-state index >= 15 is 0 Å². The summed E-state index contributed by atoms with van der Waals surface area (Å²) in [5.74, 6) is 3.09. The van der Waals surface area contributed by atoms with Crippen molar-refractivity contribution < 1.29 is 19.1 Å². The van der Waals surface area contributed by atoms with Gasteiger partial charge in [-0.05, 0) is 42.9 Å². The van der Waals surface area contributed by atoms with Crippen molar-refractivity contribution in [3.63, 3.8) is 0 Å². The quantitative estimate of drug-likeness (QED) is 0.736. The van der Waals surface area contributed by atoms with E-state index < -0.39 is 12.1 Å². The van der Waals surface area contributed by atoms with Gasteiger partial charge in [0, 0.05) is 0 Å². The lowest BCUT2D eigenvalue weighted by atomic mass is 9.97. The molecule has 1 N–H and O–H groups in total. The molecule has 4 aliphatic carbocycles. The third kappa shape index (κ3) is 1.51. The second-order valence-corrected chi connectivity index (χ2v) is 5.16. The van der Waals surface area contributed by atoms with Crippen LogP contribution in [0.2, 0.25) is 0 Å². The van der Waals surface area contributed by atoms with Crippen molar-refractivity contribution in [2.75, 3.05) is 13.7 Å². The molecule has 0 aromatic rings. The average Bonchev–Trinajstić information content (AvgIpc) is 3.13. The predicted octanol–water partition coefficient (Wildman–Crippen LogP) is 0.786. The number of methoxy groups -OCH3 is 1. The van der Waals surface area contributed by atoms with E-state index in [0.717, 1.165) is 24.2 Å². The Morgan fingerprint density at radius 1 is 1.35 bits per heavy atom. The lowest BCUT2D eigenvalue weighted by Crippen LogP contribution is -2.46. The fourth-order valence-corrected chi connectivity index (χ4v) is 3.71. The fourth-order valence-electron chi connectivity index (χ4n) is 3.71. The van der Waals surface area contributed by atoms with Crippen molar-refractivity contribution in [3.8, 4) is 0 Å². The van der Waals surface area contributed by atoms with Gasteiger partial charge in [0.2, 0.25) is 0 Å². The minimum atomic E-state index is -0.554. The van der Waals surface area contributed by atoms with Gasteiger partial charge in [0.25, 0.3) is 0 Å². The van der Waals surface area contributed by atoms with E-state index in [4.69, 9.17) is 4.74 Å². The third-order valence-electron chi connectivity index (χ3n) is 4.51. The van der Waals surface area contributed by atoms with Crippen LogP contribution in [0.25, 0.3) is 0 Å². The van der Waals surface area contributed by atoms with Crippen molar-refractivity contribution in [3.05, 3.63) is 0 Å². The molecule has 0 aromatic heterocycles. The summed E-state index contributed by atoms with van der Waals surface area (Å²) in [4.78, 5) is 23.1. The number of carbonyl (C=O) groups excluding carboxylic acids is 2. The van der Waals surface area contributed by atoms with E-state index in [1.165, 1.54) is 7.11 Å². The van der Waals surface area contributed by atoms with Crippen LogP contribution in [0.1, 0.15) is 13.3 Å². The van der Waals surface area contributed by atoms with Crippen molar-refractivity contribution in [2.45, 2.75) is 19.4 Å². The summed E-state index contributed by atoms with van der Waals surface area (Å²) in [5.41, 5.74) is 0. The maximum atomic E-state index is 11.9. The highest BCUT2D eigenvalue weighted by molar-refractivity contribution is 5.82. The SMILES string of the molecule is CCOC(=O)C(NC(=O)OC)C1CC2C3C1C23. The summed E-state index contributed by atoms with van der Waals surface area (Å²) in [7, 11) is 1.30. The average molecular weight is 239 g/mol. The molecule has 0 aromatic carbocycles. The van der Waals surface area contributed by atoms with Crippen LogP contribution in [0.5, 0.6) is 0 Å². The molecule has 4 aliphatic rings. The highest BCUT2D eigenvalue weighted by Gasteiger charge is 2.81. The van der Waals surface area contributed by atoms with Gasteiger partial charge in [-0.25, -0.2) is 9.59 Å². The summed E-state index contributed by atoms with van der Waals surface area (Å²) < 4.78 is 9.60. The smallest absolute Gasteiger partial charge is 0.407 e. The van der Waals surface area contributed by atoms with E-state index in [-0.39, 0.29) is 11.9 Å². The van der Waals surface area contributed by atoms with E-state index in [0.29, 0.717) is 12.5 Å². The van der Waals surface area contributed by atoms with E-state index in [1.807, 2.05) is 0 Å². The molecule has 0 aliphatic heterocycles. The zero-order valence-corrected chi connectivity index (χ0v) is 10.0. The number of carbonyl (C=O) groups is 2. The molecule has 4 saturated carbocycles. The number of amides is 1. The number of ether oxygens (including phenoxy) is 2. The monoisotopic (exact) mass is 239 g/mol. The summed E-state index contributed by atoms with van der Waals surface area (Å²) in [6.45, 7) is 2.11. The summed E-state index contributed by atoms with van der Waals surface area (Å²) in [5, 5.41) is 2.63. The number of fused-ring (bicyclic) bond motifs is 1. The van der Waals surface area contributed by atoms with Gasteiger partial charge in [0.15, 0.2) is 0 Å². The highest BCUT2D eigenvalue weighted by atomic mass is 16.5. The molecule has 4 unspecified atom stereocenters. The molecule has 4 rings (SSSR count). The second kappa shape index (κ2) is 3.62. The first-order chi connectivity index (χ1) is 8.19. The van der Waals surface area contributed by atoms with Crippen LogP contribution in [-0.4, -0.2) is 31.8 Å². The zero-order valence-electron chi connectivity index (χ0n) is 10.0. The van der Waals surface area contributed by atoms with Gasteiger partial charge in [0.05, 0.1) is 13.7 Å². The number of esters is 1. The molecule has 5 nitrogen and oxygen atoms in total. The number of alkyl carbamates (subject to hydrolysis) is 1. The standard InChI is InChI=1S/C12H17NO4/c1-3-17-11(14)10(13-12(15)16-2)6-4-5-7-8(5)9(6)7/h5-10H,3-4H2,1-2H3,(H,13,15). The fraction of sp³-hybridized carbons (Fsp3) is 0.833. The largest absolute Gasteiger partial charge is 0.464 e. The van der Waals surface area contributed by atoms with Crippen molar-refractivity contribution in [1.29, 1.82) is 0 Å². The van der Waals surface area contributed by atoms with E-state index in [9.17, 15) is 9.59 Å². The second-order valence-electron chi connectivity index (χ2n) is 5.16. The Morgan fingerprint density at radius 2 is 2.06 bits per heavy atom. The minimum absolute atomic E-state index is 0.258. The van der Waals surface area contributed by atoms with Crippen LogP contribution in [0.3, 0.4) is 0 Å². The summed E-state index contributed by atoms with van der Waals surface area (Å²) in [6.07, 6.45) is 0.496. The molecule has 17 heavy (non-hydrogen) atoms. The molecule has 4 atom stereocenters. The molecule has 1 amide bonds. The highest BCUT2D eigenvalue weighted by Crippen LogP contribution is 2.84. The number of hydrogen-bond acceptors (Lipinski definition) is 4. The Bertz CT molecular complexity index is 353. The number of rotatable bonds is 4. The first-order valence-electron chi connectivity index (χ1n) is 6.20. The van der Waals surface area contributed by atoms with Crippen molar-refractivity contribution in [1.82, 2.24) is 5.32 Å². The molecular formula is C12H17NO4. The number of nitrogens with one attached hydrogen (secondary N) is 1. The van der Waals surface area contributed by atoms with Gasteiger partial charge >= 0.3 is 12.1 Å². The minimum Gasteiger partial charge on any atom is -0.464 e. The van der Waals surface area contributed by atoms with Crippen molar-refractivity contribution >= 4 is 12.1 Å². The van der Waals surface area contributed by atoms with Gasteiger partial charge in [0.1, 0.15) is 6.04 Å². The molecule has 0 heterocycles. The maximum absolute atomic E-state index is 11.9. The van der Waals surface area contributed by atoms with Crippen LogP contribution in [0.15, 0.2) is 0 Å². The maximum Gasteiger partial charge on any atom is 0.407 e. The van der Waals surface area contributed by atoms with E-state index in [2.05, 4.69) is 10.1 Å². The zero-order chi connectivity index (χ0) is 12.2. The first-order valence-corrected chi connectivity index (χ1v) is 6.20. The van der Waals surface area contributed by atoms with Gasteiger partial charge in [-0.3, -0.25) is 0 Å². The van der Waals surface area contributed by atoms with Crippen molar-refractivity contribution in [2.24, 2.45) is 29.6 Å². The van der Waals surface area contributed by atoms with Crippen LogP contribution in [-0.2, 0) is 14.3 Å². The van der Waals surface area contributed by atoms with Crippen LogP contribution >= 0.6 is 0 Å². The Hall–Kier alpha value is -1.26. The first kappa shape index (κ1) is 10.9. The van der Waals surface area contributed by atoms with E-state index in [1.54, 1.807) is 6.92 Å². The Labute approximate surface area is 99.8 Å². The van der Waals surface area contributed by atoms with Gasteiger partial charge in [-0.15, -0.1) is 0 Å². The lowest BCUT2D eigenvalue weighted by Gasteiger charge is -2.22. The Balaban J connectivity index is 1.66. The summed E-state index contributed by atoms with van der Waals surface area (Å²) in [6, 6.07) is -0.521. The Kier molecular flexibility index (Phi) is 2.31. The molecular weight excluding hydrogens is 222 g/mol. The van der Waals surface area contributed by atoms with Gasteiger partial charge in [-0.1, -0.05) is 0 Å². The predicted molar refractivity (Wildman–Crippen MR) is 58.0 cm³/mol. The third-order valence-corrected chi connectivity index (χ3v) is 4.51. The normalized spacial score (nSPS) is 41.2. The molecule has 0 radical (unpaired) electrons. The van der Waals surface area contributed by atoms with Gasteiger partial charge < -0.3 is 14.8 Å². The molecule has 0 saturated heterocycles. The Morgan fingerprint density at radius 3 is 2.53 bits per heavy atom. The topological polar surface area (TPSA) is 64.6 Å². The van der Waals surface area contributed by atoms with Crippen LogP contribution < -0.4 is 5.32 Å². The number of hydrogen-bond donors (Lipinski definition) is 1. The summed E-state index contributed by atoms with van der Waals surface area (Å²) >= 11 is 0. The lowest BCUT2D eigenvalue weighted by molar-refractivity contribution is -0.147. The molecule has 2 bridgehead atoms. The van der Waals surface area contributed by atoms with Gasteiger partial charge in [-0.2, -0.15) is 0 Å². The molecule has 4 fully saturated rings. The van der Waals surface area contributed by atoms with Crippen LogP contribution in [0.4, 0.5) is 4.79 Å².